The molecule has 2 unspecified atom stereocenters. The van der Waals surface area contributed by atoms with Gasteiger partial charge in [0.05, 0.1) is 18.9 Å². The summed E-state index contributed by atoms with van der Waals surface area (Å²) in [7, 11) is -3.33. The molecule has 0 aromatic rings. The number of nitrogens with zero attached hydrogens (tertiary/aromatic N) is 2. The Balaban J connectivity index is 2.11. The Morgan fingerprint density at radius 3 is 2.46 bits per heavy atom. The minimum atomic E-state index is -3.33. The topological polar surface area (TPSA) is 133 Å². The van der Waals surface area contributed by atoms with Crippen molar-refractivity contribution in [3.05, 3.63) is 0 Å². The number of carbonyl (C=O) groups is 2. The molecule has 0 bridgehead atoms. The van der Waals surface area contributed by atoms with E-state index in [-0.39, 0.29) is 43.5 Å². The maximum atomic E-state index is 12.3. The normalized spacial score (nSPS) is 24.7. The van der Waals surface area contributed by atoms with E-state index in [4.69, 9.17) is 10.8 Å². The van der Waals surface area contributed by atoms with E-state index in [0.717, 1.165) is 19.1 Å². The van der Waals surface area contributed by atoms with Crippen molar-refractivity contribution < 1.29 is 23.1 Å². The number of nitrogens with one attached hydrogen (secondary N) is 1. The smallest absolute Gasteiger partial charge is 0.314 e. The fourth-order valence-electron chi connectivity index (χ4n) is 3.26. The van der Waals surface area contributed by atoms with Gasteiger partial charge in [-0.3, -0.25) is 4.79 Å². The zero-order valence-corrected chi connectivity index (χ0v) is 14.7. The van der Waals surface area contributed by atoms with E-state index in [2.05, 4.69) is 4.72 Å². The number of sulfonamides is 1. The lowest BCUT2D eigenvalue weighted by molar-refractivity contribution is -0.136. The molecule has 9 nitrogen and oxygen atoms in total. The number of nitrogens with two attached hydrogens (primary N) is 1. The van der Waals surface area contributed by atoms with E-state index in [0.29, 0.717) is 19.5 Å². The van der Waals surface area contributed by atoms with E-state index in [1.54, 1.807) is 4.90 Å². The predicted octanol–water partition coefficient (Wildman–Crippen LogP) is -1.32. The molecular formula is C14H26N4O5S. The molecule has 2 rings (SSSR count). The average Bonchev–Trinajstić information content (AvgIpc) is 3.29. The molecule has 0 aromatic carbocycles. The summed E-state index contributed by atoms with van der Waals surface area (Å²) in [5.41, 5.74) is 5.41. The predicted molar refractivity (Wildman–Crippen MR) is 87.5 cm³/mol. The summed E-state index contributed by atoms with van der Waals surface area (Å²) in [4.78, 5) is 27.2. The van der Waals surface area contributed by atoms with Crippen LogP contribution >= 0.6 is 0 Å². The van der Waals surface area contributed by atoms with Crippen molar-refractivity contribution in [2.24, 2.45) is 11.7 Å². The molecule has 2 fully saturated rings. The number of rotatable bonds is 7. The molecule has 2 aliphatic rings. The molecule has 3 amide bonds. The van der Waals surface area contributed by atoms with Crippen molar-refractivity contribution in [1.82, 2.24) is 14.5 Å². The molecule has 4 N–H and O–H groups in total. The Labute approximate surface area is 142 Å². The largest absolute Gasteiger partial charge is 0.396 e. The fraction of sp³-hybridized carbons (Fsp3) is 0.857. The molecule has 1 heterocycles. The molecule has 1 aliphatic carbocycles. The van der Waals surface area contributed by atoms with Gasteiger partial charge in [0.1, 0.15) is 0 Å². The van der Waals surface area contributed by atoms with E-state index in [1.807, 2.05) is 0 Å². The second-order valence-corrected chi connectivity index (χ2v) is 8.46. The van der Waals surface area contributed by atoms with Crippen LogP contribution in [0.5, 0.6) is 0 Å². The van der Waals surface area contributed by atoms with Gasteiger partial charge in [0.25, 0.3) is 0 Å². The molecule has 1 saturated carbocycles. The van der Waals surface area contributed by atoms with Gasteiger partial charge in [-0.25, -0.2) is 17.9 Å². The van der Waals surface area contributed by atoms with E-state index < -0.39 is 16.1 Å². The summed E-state index contributed by atoms with van der Waals surface area (Å²) in [5, 5.41) is 9.04. The SMILES string of the molecule is CS(=O)(=O)NCC1CC(N(C(=O)CCO)C2CC2)CN(C(N)=O)C1. The summed E-state index contributed by atoms with van der Waals surface area (Å²) in [6, 6.07) is -0.635. The van der Waals surface area contributed by atoms with Crippen LogP contribution in [0.25, 0.3) is 0 Å². The highest BCUT2D eigenvalue weighted by Crippen LogP contribution is 2.33. The number of hydrogen-bond donors (Lipinski definition) is 3. The van der Waals surface area contributed by atoms with Crippen LogP contribution in [-0.4, -0.2) is 79.8 Å². The monoisotopic (exact) mass is 362 g/mol. The molecule has 2 atom stereocenters. The third-order valence-corrected chi connectivity index (χ3v) is 5.10. The van der Waals surface area contributed by atoms with Crippen LogP contribution in [0.2, 0.25) is 0 Å². The van der Waals surface area contributed by atoms with Gasteiger partial charge < -0.3 is 20.6 Å². The molecule has 0 aromatic heterocycles. The third kappa shape index (κ3) is 5.32. The maximum Gasteiger partial charge on any atom is 0.314 e. The van der Waals surface area contributed by atoms with Crippen LogP contribution in [-0.2, 0) is 14.8 Å². The molecule has 0 radical (unpaired) electrons. The Morgan fingerprint density at radius 1 is 1.29 bits per heavy atom. The second-order valence-electron chi connectivity index (χ2n) is 6.63. The van der Waals surface area contributed by atoms with Gasteiger partial charge in [0.15, 0.2) is 0 Å². The minimum absolute atomic E-state index is 0.0514. The standard InChI is InChI=1S/C14H26N4O5S/c1-24(22,23)16-7-10-6-12(9-17(8-10)14(15)21)18(11-2-3-11)13(20)4-5-19/h10-12,16,19H,2-9H2,1H3,(H2,15,21). The minimum Gasteiger partial charge on any atom is -0.396 e. The summed E-state index contributed by atoms with van der Waals surface area (Å²) < 4.78 is 25.1. The Kier molecular flexibility index (Phi) is 6.05. The Morgan fingerprint density at radius 2 is 1.96 bits per heavy atom. The number of amides is 3. The first-order chi connectivity index (χ1) is 11.2. The quantitative estimate of drug-likeness (QED) is 0.516. The number of likely N-dealkylation sites (tertiary alicyclic amines) is 1. The van der Waals surface area contributed by atoms with Gasteiger partial charge in [0, 0.05) is 32.1 Å². The first kappa shape index (κ1) is 18.9. The summed E-state index contributed by atoms with van der Waals surface area (Å²) in [6.07, 6.45) is 3.56. The summed E-state index contributed by atoms with van der Waals surface area (Å²) >= 11 is 0. The molecule has 10 heteroatoms. The van der Waals surface area contributed by atoms with Crippen LogP contribution in [0.15, 0.2) is 0 Å². The van der Waals surface area contributed by atoms with Crippen LogP contribution in [0.1, 0.15) is 25.7 Å². The number of hydrogen-bond acceptors (Lipinski definition) is 5. The third-order valence-electron chi connectivity index (χ3n) is 4.41. The fourth-order valence-corrected chi connectivity index (χ4v) is 3.79. The molecule has 138 valence electrons. The van der Waals surface area contributed by atoms with Crippen molar-refractivity contribution >= 4 is 22.0 Å². The van der Waals surface area contributed by atoms with Gasteiger partial charge >= 0.3 is 6.03 Å². The maximum absolute atomic E-state index is 12.3. The number of primary amides is 1. The number of carbonyl (C=O) groups excluding carboxylic acids is 2. The lowest BCUT2D eigenvalue weighted by Gasteiger charge is -2.42. The zero-order chi connectivity index (χ0) is 17.9. The molecule has 24 heavy (non-hydrogen) atoms. The molecule has 1 saturated heterocycles. The van der Waals surface area contributed by atoms with Crippen molar-refractivity contribution in [3.8, 4) is 0 Å². The highest BCUT2D eigenvalue weighted by Gasteiger charge is 2.41. The first-order valence-electron chi connectivity index (χ1n) is 8.12. The van der Waals surface area contributed by atoms with Crippen molar-refractivity contribution in [1.29, 1.82) is 0 Å². The van der Waals surface area contributed by atoms with Gasteiger partial charge in [-0.15, -0.1) is 0 Å². The molecule has 0 spiro atoms. The van der Waals surface area contributed by atoms with E-state index in [1.165, 1.54) is 4.90 Å². The van der Waals surface area contributed by atoms with Gasteiger partial charge in [-0.1, -0.05) is 0 Å². The number of urea groups is 1. The van der Waals surface area contributed by atoms with Crippen molar-refractivity contribution in [3.63, 3.8) is 0 Å². The highest BCUT2D eigenvalue weighted by atomic mass is 32.2. The van der Waals surface area contributed by atoms with Crippen LogP contribution in [0.4, 0.5) is 4.79 Å². The van der Waals surface area contributed by atoms with Crippen LogP contribution in [0, 0.1) is 5.92 Å². The zero-order valence-electron chi connectivity index (χ0n) is 13.8. The van der Waals surface area contributed by atoms with E-state index >= 15 is 0 Å². The second kappa shape index (κ2) is 7.66. The highest BCUT2D eigenvalue weighted by molar-refractivity contribution is 7.88. The first-order valence-corrected chi connectivity index (χ1v) is 10.0. The molecule has 1 aliphatic heterocycles. The van der Waals surface area contributed by atoms with Gasteiger partial charge in [-0.2, -0.15) is 0 Å². The van der Waals surface area contributed by atoms with Crippen molar-refractivity contribution in [2.45, 2.75) is 37.8 Å². The Bertz CT molecular complexity index is 578. The Hall–Kier alpha value is -1.39. The lowest BCUT2D eigenvalue weighted by atomic mass is 9.93. The lowest BCUT2D eigenvalue weighted by Crippen LogP contribution is -2.57. The average molecular weight is 362 g/mol. The van der Waals surface area contributed by atoms with Gasteiger partial charge in [-0.05, 0) is 25.2 Å². The van der Waals surface area contributed by atoms with Gasteiger partial charge in [0.2, 0.25) is 15.9 Å². The number of piperidine rings is 1. The summed E-state index contributed by atoms with van der Waals surface area (Å²) in [5.74, 6) is -0.250. The van der Waals surface area contributed by atoms with Crippen LogP contribution in [0.3, 0.4) is 0 Å². The summed E-state index contributed by atoms with van der Waals surface area (Å²) in [6.45, 7) is 0.693. The molecular weight excluding hydrogens is 336 g/mol. The van der Waals surface area contributed by atoms with Crippen LogP contribution < -0.4 is 10.5 Å². The number of aliphatic hydroxyl groups is 1. The van der Waals surface area contributed by atoms with E-state index in [9.17, 15) is 18.0 Å². The number of aliphatic hydroxyl groups excluding tert-OH is 1. The van der Waals surface area contributed by atoms with Crippen molar-refractivity contribution in [2.75, 3.05) is 32.5 Å².